The second-order valence-electron chi connectivity index (χ2n) is 5.57. The van der Waals surface area contributed by atoms with Crippen LogP contribution in [0.15, 0.2) is 67.0 Å². The zero-order valence-corrected chi connectivity index (χ0v) is 14.9. The van der Waals surface area contributed by atoms with Crippen molar-refractivity contribution < 1.29 is 18.3 Å². The maximum Gasteiger partial charge on any atom is 0.293 e. The summed E-state index contributed by atoms with van der Waals surface area (Å²) >= 11 is 0. The lowest BCUT2D eigenvalue weighted by Crippen LogP contribution is -1.95. The molecule has 0 saturated carbocycles. The SMILES string of the molecule is CCOC=O.Fc1ccc(Cc2cncc(Nc3ccc(F)cc3)c2)cc1. The number of pyridine rings is 1. The smallest absolute Gasteiger partial charge is 0.293 e. The Balaban J connectivity index is 0.000000465. The predicted octanol–water partition coefficient (Wildman–Crippen LogP) is 4.87. The van der Waals surface area contributed by atoms with Crippen molar-refractivity contribution in [3.63, 3.8) is 0 Å². The average molecular weight is 370 g/mol. The van der Waals surface area contributed by atoms with E-state index in [0.29, 0.717) is 19.5 Å². The van der Waals surface area contributed by atoms with Gasteiger partial charge in [-0.05, 0) is 66.9 Å². The number of benzene rings is 2. The molecule has 0 aliphatic heterocycles. The van der Waals surface area contributed by atoms with E-state index in [0.717, 1.165) is 22.5 Å². The summed E-state index contributed by atoms with van der Waals surface area (Å²) in [6, 6.07) is 14.5. The molecule has 1 aromatic heterocycles. The standard InChI is InChI=1S/C18H14F2N2.C3H6O2/c19-15-3-1-13(2-4-15)9-14-10-18(12-21-11-14)22-17-7-5-16(20)6-8-17;1-2-5-3-4/h1-8,10-12,22H,9H2;3H,2H2,1H3. The van der Waals surface area contributed by atoms with Crippen LogP contribution < -0.4 is 5.32 Å². The van der Waals surface area contributed by atoms with Gasteiger partial charge >= 0.3 is 0 Å². The number of carbonyl (C=O) groups excluding carboxylic acids is 1. The molecule has 0 atom stereocenters. The third-order valence-electron chi connectivity index (χ3n) is 3.48. The van der Waals surface area contributed by atoms with Crippen LogP contribution in [0.5, 0.6) is 0 Å². The van der Waals surface area contributed by atoms with Crippen molar-refractivity contribution in [1.82, 2.24) is 4.98 Å². The third-order valence-corrected chi connectivity index (χ3v) is 3.48. The molecule has 0 spiro atoms. The van der Waals surface area contributed by atoms with E-state index in [1.807, 2.05) is 6.07 Å². The summed E-state index contributed by atoms with van der Waals surface area (Å²) < 4.78 is 30.0. The first-order valence-electron chi connectivity index (χ1n) is 8.37. The van der Waals surface area contributed by atoms with E-state index < -0.39 is 0 Å². The normalized spacial score (nSPS) is 9.74. The molecule has 1 heterocycles. The molecule has 0 aliphatic rings. The maximum absolute atomic E-state index is 12.9. The van der Waals surface area contributed by atoms with Crippen LogP contribution in [0.1, 0.15) is 18.1 Å². The Morgan fingerprint density at radius 1 is 0.926 bits per heavy atom. The van der Waals surface area contributed by atoms with E-state index in [9.17, 15) is 13.6 Å². The Hall–Kier alpha value is -3.28. The Labute approximate surface area is 156 Å². The Morgan fingerprint density at radius 3 is 2.11 bits per heavy atom. The highest BCUT2D eigenvalue weighted by atomic mass is 19.1. The molecule has 0 unspecified atom stereocenters. The fourth-order valence-corrected chi connectivity index (χ4v) is 2.26. The number of hydrogen-bond acceptors (Lipinski definition) is 4. The molecule has 6 heteroatoms. The molecule has 3 aromatic rings. The topological polar surface area (TPSA) is 51.2 Å². The van der Waals surface area contributed by atoms with E-state index >= 15 is 0 Å². The van der Waals surface area contributed by atoms with Crippen LogP contribution in [0.25, 0.3) is 0 Å². The van der Waals surface area contributed by atoms with Crippen molar-refractivity contribution in [3.8, 4) is 0 Å². The summed E-state index contributed by atoms with van der Waals surface area (Å²) in [5.74, 6) is -0.512. The lowest BCUT2D eigenvalue weighted by molar-refractivity contribution is -0.128. The molecular formula is C21H20F2N2O2. The minimum Gasteiger partial charge on any atom is -0.468 e. The summed E-state index contributed by atoms with van der Waals surface area (Å²) in [6.45, 7) is 2.66. The minimum atomic E-state index is -0.270. The molecule has 0 bridgehead atoms. The first-order valence-corrected chi connectivity index (χ1v) is 8.37. The number of hydrogen-bond donors (Lipinski definition) is 1. The van der Waals surface area contributed by atoms with Crippen molar-refractivity contribution >= 4 is 17.8 Å². The van der Waals surface area contributed by atoms with Gasteiger partial charge in [-0.3, -0.25) is 9.78 Å². The number of halogens is 2. The zero-order valence-electron chi connectivity index (χ0n) is 14.9. The van der Waals surface area contributed by atoms with Crippen LogP contribution in [0.4, 0.5) is 20.2 Å². The van der Waals surface area contributed by atoms with Crippen molar-refractivity contribution in [1.29, 1.82) is 0 Å². The fourth-order valence-electron chi connectivity index (χ4n) is 2.26. The van der Waals surface area contributed by atoms with Crippen molar-refractivity contribution in [2.75, 3.05) is 11.9 Å². The molecule has 140 valence electrons. The zero-order chi connectivity index (χ0) is 19.5. The van der Waals surface area contributed by atoms with Crippen LogP contribution in [0.2, 0.25) is 0 Å². The quantitative estimate of drug-likeness (QED) is 0.629. The van der Waals surface area contributed by atoms with Gasteiger partial charge in [0, 0.05) is 11.9 Å². The van der Waals surface area contributed by atoms with Crippen LogP contribution in [0.3, 0.4) is 0 Å². The monoisotopic (exact) mass is 370 g/mol. The number of anilines is 2. The van der Waals surface area contributed by atoms with Crippen LogP contribution in [-0.2, 0) is 16.0 Å². The highest BCUT2D eigenvalue weighted by Crippen LogP contribution is 2.18. The molecule has 0 saturated heterocycles. The summed E-state index contributed by atoms with van der Waals surface area (Å²) in [7, 11) is 0. The molecule has 2 aromatic carbocycles. The highest BCUT2D eigenvalue weighted by Gasteiger charge is 2.01. The van der Waals surface area contributed by atoms with Gasteiger partial charge in [0.05, 0.1) is 18.5 Å². The van der Waals surface area contributed by atoms with Crippen LogP contribution in [0, 0.1) is 11.6 Å². The Kier molecular flexibility index (Phi) is 7.91. The molecule has 3 rings (SSSR count). The summed E-state index contributed by atoms with van der Waals surface area (Å²) in [5.41, 5.74) is 3.65. The van der Waals surface area contributed by atoms with Crippen molar-refractivity contribution in [3.05, 3.63) is 89.8 Å². The number of carbonyl (C=O) groups is 1. The van der Waals surface area contributed by atoms with Gasteiger partial charge in [-0.25, -0.2) is 8.78 Å². The second-order valence-corrected chi connectivity index (χ2v) is 5.57. The van der Waals surface area contributed by atoms with Gasteiger partial charge in [0.15, 0.2) is 0 Å². The van der Waals surface area contributed by atoms with Gasteiger partial charge in [-0.1, -0.05) is 12.1 Å². The number of nitrogens with one attached hydrogen (secondary N) is 1. The van der Waals surface area contributed by atoms with E-state index in [2.05, 4.69) is 15.0 Å². The molecule has 1 N–H and O–H groups in total. The molecule has 4 nitrogen and oxygen atoms in total. The van der Waals surface area contributed by atoms with Gasteiger partial charge < -0.3 is 10.1 Å². The number of aromatic nitrogens is 1. The highest BCUT2D eigenvalue weighted by molar-refractivity contribution is 5.59. The third kappa shape index (κ3) is 7.23. The van der Waals surface area contributed by atoms with E-state index in [4.69, 9.17) is 0 Å². The van der Waals surface area contributed by atoms with E-state index in [1.54, 1.807) is 43.6 Å². The fraction of sp³-hybridized carbons (Fsp3) is 0.143. The lowest BCUT2D eigenvalue weighted by atomic mass is 10.1. The van der Waals surface area contributed by atoms with Gasteiger partial charge in [0.2, 0.25) is 0 Å². The van der Waals surface area contributed by atoms with Gasteiger partial charge in [0.1, 0.15) is 11.6 Å². The molecule has 0 fully saturated rings. The first-order chi connectivity index (χ1) is 13.1. The largest absolute Gasteiger partial charge is 0.468 e. The van der Waals surface area contributed by atoms with Crippen LogP contribution >= 0.6 is 0 Å². The van der Waals surface area contributed by atoms with Gasteiger partial charge in [-0.2, -0.15) is 0 Å². The molecule has 0 radical (unpaired) electrons. The first kappa shape index (κ1) is 20.0. The minimum absolute atomic E-state index is 0.242. The molecule has 0 aliphatic carbocycles. The van der Waals surface area contributed by atoms with E-state index in [-0.39, 0.29) is 11.6 Å². The average Bonchev–Trinajstić information content (AvgIpc) is 2.67. The number of ether oxygens (including phenoxy) is 1. The predicted molar refractivity (Wildman–Crippen MR) is 101 cm³/mol. The lowest BCUT2D eigenvalue weighted by Gasteiger charge is -2.08. The van der Waals surface area contributed by atoms with E-state index in [1.165, 1.54) is 24.3 Å². The van der Waals surface area contributed by atoms with Crippen molar-refractivity contribution in [2.24, 2.45) is 0 Å². The second kappa shape index (κ2) is 10.7. The van der Waals surface area contributed by atoms with Crippen molar-refractivity contribution in [2.45, 2.75) is 13.3 Å². The maximum atomic E-state index is 12.9. The summed E-state index contributed by atoms with van der Waals surface area (Å²) in [6.07, 6.45) is 4.16. The van der Waals surface area contributed by atoms with Gasteiger partial charge in [0.25, 0.3) is 6.47 Å². The van der Waals surface area contributed by atoms with Crippen LogP contribution in [-0.4, -0.2) is 18.1 Å². The molecular weight excluding hydrogens is 350 g/mol. The Morgan fingerprint density at radius 2 is 1.56 bits per heavy atom. The summed E-state index contributed by atoms with van der Waals surface area (Å²) in [5, 5.41) is 3.18. The summed E-state index contributed by atoms with van der Waals surface area (Å²) in [4.78, 5) is 13.4. The molecule has 0 amide bonds. The number of rotatable bonds is 6. The molecule has 27 heavy (non-hydrogen) atoms. The van der Waals surface area contributed by atoms with Gasteiger partial charge in [-0.15, -0.1) is 0 Å². The Bertz CT molecular complexity index is 775. The number of nitrogens with zero attached hydrogens (tertiary/aromatic N) is 1.